The van der Waals surface area contributed by atoms with Crippen LogP contribution in [0.25, 0.3) is 0 Å². The Morgan fingerprint density at radius 2 is 1.81 bits per heavy atom. The third-order valence-corrected chi connectivity index (χ3v) is 2.28. The number of hydrogen-bond acceptors (Lipinski definition) is 2. The van der Waals surface area contributed by atoms with E-state index in [2.05, 4.69) is 21.8 Å². The second-order valence-corrected chi connectivity index (χ2v) is 3.32. The Morgan fingerprint density at radius 3 is 2.00 bits per heavy atom. The average molecular weight is 229 g/mol. The van der Waals surface area contributed by atoms with Crippen molar-refractivity contribution in [2.24, 2.45) is 0 Å². The number of H-pyrrole nitrogens is 1. The van der Waals surface area contributed by atoms with Crippen LogP contribution in [0, 0.1) is 6.92 Å². The van der Waals surface area contributed by atoms with E-state index in [0.717, 1.165) is 5.82 Å². The zero-order valence-electron chi connectivity index (χ0n) is 8.58. The SMILES string of the molecule is C.C.C.CCN1CCCC1.Cc1ncc[nH]1. The smallest absolute Gasteiger partial charge is 0.102 e. The normalized spacial score (nSPS) is 13.6. The van der Waals surface area contributed by atoms with Crippen LogP contribution in [0.5, 0.6) is 0 Å². The Kier molecular flexibility index (Phi) is 15.7. The van der Waals surface area contributed by atoms with Gasteiger partial charge in [-0.05, 0) is 39.4 Å². The van der Waals surface area contributed by atoms with Gasteiger partial charge in [-0.3, -0.25) is 0 Å². The molecule has 0 unspecified atom stereocenters. The van der Waals surface area contributed by atoms with E-state index in [1.54, 1.807) is 12.4 Å². The molecule has 98 valence electrons. The summed E-state index contributed by atoms with van der Waals surface area (Å²) in [6.07, 6.45) is 6.38. The highest BCUT2D eigenvalue weighted by Crippen LogP contribution is 2.04. The van der Waals surface area contributed by atoms with Crippen LogP contribution in [0.15, 0.2) is 12.4 Å². The van der Waals surface area contributed by atoms with Crippen LogP contribution in [0.1, 0.15) is 47.9 Å². The maximum atomic E-state index is 3.86. The summed E-state index contributed by atoms with van der Waals surface area (Å²) in [6, 6.07) is 0. The van der Waals surface area contributed by atoms with Gasteiger partial charge >= 0.3 is 0 Å². The molecule has 0 radical (unpaired) electrons. The van der Waals surface area contributed by atoms with E-state index in [4.69, 9.17) is 0 Å². The Bertz CT molecular complexity index is 201. The van der Waals surface area contributed by atoms with Crippen molar-refractivity contribution in [3.63, 3.8) is 0 Å². The summed E-state index contributed by atoms with van der Waals surface area (Å²) in [6.45, 7) is 8.08. The first-order chi connectivity index (χ1) is 6.33. The lowest BCUT2D eigenvalue weighted by molar-refractivity contribution is 0.359. The Labute approximate surface area is 102 Å². The van der Waals surface area contributed by atoms with Gasteiger partial charge in [-0.1, -0.05) is 29.2 Å². The number of rotatable bonds is 1. The summed E-state index contributed by atoms with van der Waals surface area (Å²) in [4.78, 5) is 9.24. The molecule has 0 spiro atoms. The second-order valence-electron chi connectivity index (χ2n) is 3.32. The van der Waals surface area contributed by atoms with E-state index < -0.39 is 0 Å². The van der Waals surface area contributed by atoms with Gasteiger partial charge in [0.15, 0.2) is 0 Å². The van der Waals surface area contributed by atoms with E-state index >= 15 is 0 Å². The van der Waals surface area contributed by atoms with Crippen LogP contribution in [0.4, 0.5) is 0 Å². The average Bonchev–Trinajstić information content (AvgIpc) is 2.76. The van der Waals surface area contributed by atoms with Crippen molar-refractivity contribution in [2.45, 2.75) is 49.0 Å². The summed E-state index contributed by atoms with van der Waals surface area (Å²) in [7, 11) is 0. The van der Waals surface area contributed by atoms with Crippen LogP contribution in [-0.4, -0.2) is 34.5 Å². The fourth-order valence-electron chi connectivity index (χ4n) is 1.44. The molecule has 2 rings (SSSR count). The molecule has 1 saturated heterocycles. The molecule has 1 fully saturated rings. The highest BCUT2D eigenvalue weighted by atomic mass is 15.1. The van der Waals surface area contributed by atoms with Crippen molar-refractivity contribution >= 4 is 0 Å². The van der Waals surface area contributed by atoms with Crippen LogP contribution < -0.4 is 0 Å². The van der Waals surface area contributed by atoms with Crippen LogP contribution in [0.2, 0.25) is 0 Å². The zero-order valence-corrected chi connectivity index (χ0v) is 8.58. The lowest BCUT2D eigenvalue weighted by Crippen LogP contribution is -2.17. The Morgan fingerprint density at radius 1 is 1.25 bits per heavy atom. The maximum absolute atomic E-state index is 3.86. The molecular weight excluding hydrogens is 198 g/mol. The summed E-state index contributed by atoms with van der Waals surface area (Å²) in [5.41, 5.74) is 0. The van der Waals surface area contributed by atoms with Crippen molar-refractivity contribution in [1.82, 2.24) is 14.9 Å². The Balaban J connectivity index is -0.000000179. The minimum absolute atomic E-state index is 0. The number of hydrogen-bond donors (Lipinski definition) is 1. The summed E-state index contributed by atoms with van der Waals surface area (Å²) in [5.74, 6) is 0.968. The van der Waals surface area contributed by atoms with Crippen molar-refractivity contribution in [3.05, 3.63) is 18.2 Å². The third-order valence-electron chi connectivity index (χ3n) is 2.28. The number of likely N-dealkylation sites (tertiary alicyclic amines) is 1. The van der Waals surface area contributed by atoms with Gasteiger partial charge in [0, 0.05) is 12.4 Å². The van der Waals surface area contributed by atoms with Gasteiger partial charge in [0.25, 0.3) is 0 Å². The molecule has 0 bridgehead atoms. The summed E-state index contributed by atoms with van der Waals surface area (Å²) in [5, 5.41) is 0. The lowest BCUT2D eigenvalue weighted by atomic mass is 10.4. The maximum Gasteiger partial charge on any atom is 0.102 e. The number of aromatic amines is 1. The molecule has 1 N–H and O–H groups in total. The van der Waals surface area contributed by atoms with Gasteiger partial charge < -0.3 is 9.88 Å². The van der Waals surface area contributed by atoms with Gasteiger partial charge in [0.2, 0.25) is 0 Å². The monoisotopic (exact) mass is 229 g/mol. The first-order valence-corrected chi connectivity index (χ1v) is 5.01. The van der Waals surface area contributed by atoms with E-state index in [-0.39, 0.29) is 22.3 Å². The third kappa shape index (κ3) is 8.48. The molecule has 2 heterocycles. The van der Waals surface area contributed by atoms with Crippen molar-refractivity contribution in [2.75, 3.05) is 19.6 Å². The molecule has 0 saturated carbocycles. The zero-order chi connectivity index (χ0) is 9.52. The molecule has 1 aliphatic heterocycles. The van der Waals surface area contributed by atoms with E-state index in [1.807, 2.05) is 6.92 Å². The van der Waals surface area contributed by atoms with Crippen LogP contribution >= 0.6 is 0 Å². The number of imidazole rings is 1. The number of nitrogens with one attached hydrogen (secondary N) is 1. The molecule has 1 aliphatic rings. The Hall–Kier alpha value is -0.830. The van der Waals surface area contributed by atoms with E-state index in [9.17, 15) is 0 Å². The minimum atomic E-state index is 0. The molecule has 3 nitrogen and oxygen atoms in total. The molecular formula is C13H31N3. The van der Waals surface area contributed by atoms with Crippen molar-refractivity contribution in [1.29, 1.82) is 0 Å². The first-order valence-electron chi connectivity index (χ1n) is 5.01. The largest absolute Gasteiger partial charge is 0.349 e. The number of aryl methyl sites for hydroxylation is 1. The molecule has 0 amide bonds. The molecule has 3 heteroatoms. The summed E-state index contributed by atoms with van der Waals surface area (Å²) >= 11 is 0. The van der Waals surface area contributed by atoms with Gasteiger partial charge in [0.1, 0.15) is 5.82 Å². The van der Waals surface area contributed by atoms with Crippen molar-refractivity contribution in [3.8, 4) is 0 Å². The molecule has 1 aromatic heterocycles. The molecule has 16 heavy (non-hydrogen) atoms. The highest BCUT2D eigenvalue weighted by molar-refractivity contribution is 4.80. The quantitative estimate of drug-likeness (QED) is 0.795. The van der Waals surface area contributed by atoms with E-state index in [1.165, 1.54) is 32.5 Å². The standard InChI is InChI=1S/C6H13N.C4H6N2.3CH4/c1-2-7-5-3-4-6-7;1-4-5-2-3-6-4;;;/h2-6H2,1H3;2-3H,1H3,(H,5,6);3*1H4. The fraction of sp³-hybridized carbons (Fsp3) is 0.769. The molecule has 1 aromatic rings. The highest BCUT2D eigenvalue weighted by Gasteiger charge is 2.06. The molecule has 0 aliphatic carbocycles. The van der Waals surface area contributed by atoms with Gasteiger partial charge in [0.05, 0.1) is 0 Å². The first kappa shape index (κ1) is 20.6. The van der Waals surface area contributed by atoms with Crippen LogP contribution in [-0.2, 0) is 0 Å². The molecule has 0 aromatic carbocycles. The molecule has 0 atom stereocenters. The minimum Gasteiger partial charge on any atom is -0.349 e. The number of nitrogens with zero attached hydrogens (tertiary/aromatic N) is 2. The summed E-state index contributed by atoms with van der Waals surface area (Å²) < 4.78 is 0. The topological polar surface area (TPSA) is 31.9 Å². The van der Waals surface area contributed by atoms with Crippen molar-refractivity contribution < 1.29 is 0 Å². The van der Waals surface area contributed by atoms with Gasteiger partial charge in [-0.25, -0.2) is 4.98 Å². The fourth-order valence-corrected chi connectivity index (χ4v) is 1.44. The number of aromatic nitrogens is 2. The lowest BCUT2D eigenvalue weighted by Gasteiger charge is -2.08. The predicted octanol–water partition coefficient (Wildman–Crippen LogP) is 3.73. The van der Waals surface area contributed by atoms with Gasteiger partial charge in [-0.2, -0.15) is 0 Å². The predicted molar refractivity (Wildman–Crippen MR) is 74.9 cm³/mol. The second kappa shape index (κ2) is 12.2. The van der Waals surface area contributed by atoms with Crippen LogP contribution in [0.3, 0.4) is 0 Å². The van der Waals surface area contributed by atoms with E-state index in [0.29, 0.717) is 0 Å². The van der Waals surface area contributed by atoms with Gasteiger partial charge in [-0.15, -0.1) is 0 Å².